The molecule has 0 aliphatic carbocycles. The Bertz CT molecular complexity index is 491. The predicted molar refractivity (Wildman–Crippen MR) is 65.0 cm³/mol. The van der Waals surface area contributed by atoms with E-state index < -0.39 is 11.9 Å². The monoisotopic (exact) mass is 255 g/mol. The second kappa shape index (κ2) is 5.62. The Morgan fingerprint density at radius 1 is 1.62 bits per heavy atom. The molecule has 2 nitrogen and oxygen atoms in total. The van der Waals surface area contributed by atoms with E-state index in [0.29, 0.717) is 0 Å². The van der Waals surface area contributed by atoms with Crippen molar-refractivity contribution in [1.82, 2.24) is 0 Å². The molecule has 0 saturated carbocycles. The van der Waals surface area contributed by atoms with E-state index in [1.165, 1.54) is 6.07 Å². The number of thiocarbonyl (C=S) groups is 1. The van der Waals surface area contributed by atoms with Crippen molar-refractivity contribution in [3.05, 3.63) is 23.0 Å². The van der Waals surface area contributed by atoms with Gasteiger partial charge in [-0.3, -0.25) is 0 Å². The van der Waals surface area contributed by atoms with Gasteiger partial charge in [0.2, 0.25) is 0 Å². The molecule has 1 aromatic rings. The molecule has 0 saturated heterocycles. The van der Waals surface area contributed by atoms with E-state index in [-0.39, 0.29) is 16.5 Å². The van der Waals surface area contributed by atoms with Gasteiger partial charge in [-0.25, -0.2) is 4.39 Å². The molecule has 1 aromatic carbocycles. The Hall–Kier alpha value is -1.40. The summed E-state index contributed by atoms with van der Waals surface area (Å²) < 4.78 is 18.6. The normalized spacial score (nSPS) is 11.1. The summed E-state index contributed by atoms with van der Waals surface area (Å²) in [6.07, 6.45) is 4.69. The van der Waals surface area contributed by atoms with Gasteiger partial charge in [-0.1, -0.05) is 17.5 Å². The number of nitrogens with zero attached hydrogens (tertiary/aromatic N) is 1. The molecule has 1 rings (SSSR count). The summed E-state index contributed by atoms with van der Waals surface area (Å²) in [4.78, 5) is 3.54. The molecule has 1 unspecified atom stereocenters. The lowest BCUT2D eigenvalue weighted by molar-refractivity contribution is 0.279. The van der Waals surface area contributed by atoms with Crippen molar-refractivity contribution in [3.63, 3.8) is 0 Å². The van der Waals surface area contributed by atoms with Gasteiger partial charge in [-0.15, -0.1) is 6.42 Å². The smallest absolute Gasteiger partial charge is 0.156 e. The Morgan fingerprint density at radius 2 is 2.31 bits per heavy atom. The molecule has 0 fully saturated rings. The van der Waals surface area contributed by atoms with Crippen molar-refractivity contribution in [1.29, 1.82) is 0 Å². The van der Waals surface area contributed by atoms with Crippen LogP contribution in [0.25, 0.3) is 0 Å². The molecule has 0 aliphatic rings. The van der Waals surface area contributed by atoms with Crippen molar-refractivity contribution in [2.45, 2.75) is 13.0 Å². The van der Waals surface area contributed by atoms with Crippen LogP contribution >= 0.6 is 23.8 Å². The molecule has 0 spiro atoms. The first kappa shape index (κ1) is 12.7. The zero-order chi connectivity index (χ0) is 12.1. The maximum atomic E-state index is 13.3. The van der Waals surface area contributed by atoms with Crippen molar-refractivity contribution in [2.24, 2.45) is 4.99 Å². The van der Waals surface area contributed by atoms with Gasteiger partial charge in [0.1, 0.15) is 11.4 Å². The number of benzene rings is 1. The standard InChI is InChI=1S/C11H7ClFNOS/c1-3-7(2)15-11-5-10(14-6-16)9(13)4-8(11)12/h1,4-5,7H,2H3. The molecule has 0 aromatic heterocycles. The van der Waals surface area contributed by atoms with E-state index in [1.54, 1.807) is 6.92 Å². The molecule has 0 amide bonds. The minimum atomic E-state index is -0.594. The summed E-state index contributed by atoms with van der Waals surface area (Å²) in [6.45, 7) is 1.67. The second-order valence-corrected chi connectivity index (χ2v) is 3.45. The second-order valence-electron chi connectivity index (χ2n) is 2.86. The SMILES string of the molecule is C#CC(C)Oc1cc(N=C=S)c(F)cc1Cl. The molecular weight excluding hydrogens is 249 g/mol. The van der Waals surface area contributed by atoms with Crippen LogP contribution in [-0.2, 0) is 0 Å². The topological polar surface area (TPSA) is 21.6 Å². The molecule has 0 aliphatic heterocycles. The fourth-order valence-corrected chi connectivity index (χ4v) is 1.26. The number of halogens is 2. The van der Waals surface area contributed by atoms with Crippen LogP contribution in [0.15, 0.2) is 17.1 Å². The highest BCUT2D eigenvalue weighted by Crippen LogP contribution is 2.32. The van der Waals surface area contributed by atoms with Crippen molar-refractivity contribution in [3.8, 4) is 18.1 Å². The predicted octanol–water partition coefficient (Wildman–Crippen LogP) is 3.61. The molecule has 1 atom stereocenters. The lowest BCUT2D eigenvalue weighted by Gasteiger charge is -2.11. The third-order valence-corrected chi connectivity index (χ3v) is 2.09. The molecular formula is C11H7ClFNOS. The minimum Gasteiger partial charge on any atom is -0.476 e. The Morgan fingerprint density at radius 3 is 2.88 bits per heavy atom. The fourth-order valence-electron chi connectivity index (χ4n) is 0.968. The largest absolute Gasteiger partial charge is 0.476 e. The summed E-state index contributed by atoms with van der Waals surface area (Å²) in [6, 6.07) is 2.41. The van der Waals surface area contributed by atoms with Gasteiger partial charge in [0, 0.05) is 6.07 Å². The third kappa shape index (κ3) is 3.04. The number of aliphatic imine (C=N–C) groups is 1. The molecule has 0 radical (unpaired) electrons. The summed E-state index contributed by atoms with van der Waals surface area (Å²) in [5.41, 5.74) is 0.0126. The zero-order valence-electron chi connectivity index (χ0n) is 8.33. The number of rotatable bonds is 3. The Balaban J connectivity index is 3.15. The van der Waals surface area contributed by atoms with Crippen LogP contribution in [-0.4, -0.2) is 11.3 Å². The van der Waals surface area contributed by atoms with E-state index in [9.17, 15) is 4.39 Å². The highest BCUT2D eigenvalue weighted by molar-refractivity contribution is 7.78. The molecule has 0 bridgehead atoms. The van der Waals surface area contributed by atoms with Crippen molar-refractivity contribution in [2.75, 3.05) is 0 Å². The van der Waals surface area contributed by atoms with Gasteiger partial charge >= 0.3 is 0 Å². The van der Waals surface area contributed by atoms with Gasteiger partial charge in [-0.05, 0) is 25.2 Å². The fraction of sp³-hybridized carbons (Fsp3) is 0.182. The number of ether oxygens (including phenoxy) is 1. The van der Waals surface area contributed by atoms with Crippen molar-refractivity contribution < 1.29 is 9.13 Å². The van der Waals surface area contributed by atoms with Crippen LogP contribution in [0.1, 0.15) is 6.92 Å². The first-order valence-corrected chi connectivity index (χ1v) is 5.06. The molecule has 5 heteroatoms. The lowest BCUT2D eigenvalue weighted by Crippen LogP contribution is -2.08. The van der Waals surface area contributed by atoms with Crippen LogP contribution in [0.3, 0.4) is 0 Å². The van der Waals surface area contributed by atoms with Gasteiger partial charge < -0.3 is 4.74 Å². The van der Waals surface area contributed by atoms with E-state index in [1.807, 2.05) is 0 Å². The van der Waals surface area contributed by atoms with E-state index in [2.05, 4.69) is 28.3 Å². The summed E-state index contributed by atoms with van der Waals surface area (Å²) in [7, 11) is 0. The number of hydrogen-bond donors (Lipinski definition) is 0. The summed E-state index contributed by atoms with van der Waals surface area (Å²) in [5, 5.41) is 2.20. The summed E-state index contributed by atoms with van der Waals surface area (Å²) in [5.74, 6) is 2.03. The van der Waals surface area contributed by atoms with E-state index >= 15 is 0 Å². The number of terminal acetylenes is 1. The van der Waals surface area contributed by atoms with Crippen LogP contribution < -0.4 is 4.74 Å². The Kier molecular flexibility index (Phi) is 4.45. The quantitative estimate of drug-likeness (QED) is 0.467. The van der Waals surface area contributed by atoms with E-state index in [0.717, 1.165) is 6.07 Å². The highest BCUT2D eigenvalue weighted by Gasteiger charge is 2.10. The Labute approximate surface area is 103 Å². The average Bonchev–Trinajstić information content (AvgIpc) is 2.25. The van der Waals surface area contributed by atoms with Crippen LogP contribution in [0.2, 0.25) is 5.02 Å². The maximum Gasteiger partial charge on any atom is 0.156 e. The van der Waals surface area contributed by atoms with Crippen molar-refractivity contribution >= 4 is 34.7 Å². The first-order chi connectivity index (χ1) is 7.58. The lowest BCUT2D eigenvalue weighted by atomic mass is 10.3. The highest BCUT2D eigenvalue weighted by atomic mass is 35.5. The number of isothiocyanates is 1. The summed E-state index contributed by atoms with van der Waals surface area (Å²) >= 11 is 10.2. The molecule has 82 valence electrons. The van der Waals surface area contributed by atoms with Crippen LogP contribution in [0.4, 0.5) is 10.1 Å². The van der Waals surface area contributed by atoms with Crippen LogP contribution in [0, 0.1) is 18.2 Å². The van der Waals surface area contributed by atoms with Gasteiger partial charge in [-0.2, -0.15) is 4.99 Å². The molecule has 0 heterocycles. The number of hydrogen-bond acceptors (Lipinski definition) is 3. The maximum absolute atomic E-state index is 13.3. The van der Waals surface area contributed by atoms with Gasteiger partial charge in [0.15, 0.2) is 11.9 Å². The average molecular weight is 256 g/mol. The van der Waals surface area contributed by atoms with Gasteiger partial charge in [0.05, 0.1) is 10.2 Å². The third-order valence-electron chi connectivity index (χ3n) is 1.71. The molecule has 0 N–H and O–H groups in total. The van der Waals surface area contributed by atoms with E-state index in [4.69, 9.17) is 22.8 Å². The first-order valence-electron chi connectivity index (χ1n) is 4.28. The zero-order valence-corrected chi connectivity index (χ0v) is 9.90. The minimum absolute atomic E-state index is 0.0126. The van der Waals surface area contributed by atoms with Crippen LogP contribution in [0.5, 0.6) is 5.75 Å². The molecule has 16 heavy (non-hydrogen) atoms. The van der Waals surface area contributed by atoms with Gasteiger partial charge in [0.25, 0.3) is 0 Å².